The van der Waals surface area contributed by atoms with Crippen LogP contribution in [-0.2, 0) is 0 Å². The Labute approximate surface area is 120 Å². The third-order valence-corrected chi connectivity index (χ3v) is 4.02. The predicted molar refractivity (Wildman–Crippen MR) is 84.5 cm³/mol. The maximum Gasteiger partial charge on any atom is 0.0389 e. The van der Waals surface area contributed by atoms with E-state index in [0.717, 1.165) is 24.6 Å². The number of nitrogens with zero attached hydrogens (tertiary/aromatic N) is 1. The SMILES string of the molecule is CCCCN=Cc1ccccc1SCCCCCl. The lowest BCUT2D eigenvalue weighted by Gasteiger charge is -2.04. The first-order chi connectivity index (χ1) is 8.88. The van der Waals surface area contributed by atoms with Crippen LogP contribution in [0.1, 0.15) is 38.2 Å². The third-order valence-electron chi connectivity index (χ3n) is 2.58. The second-order valence-corrected chi connectivity index (χ2v) is 5.69. The van der Waals surface area contributed by atoms with E-state index in [1.54, 1.807) is 0 Å². The van der Waals surface area contributed by atoms with Crippen LogP contribution >= 0.6 is 23.4 Å². The molecule has 0 bridgehead atoms. The Hall–Kier alpha value is -0.470. The predicted octanol–water partition coefficient (Wildman–Crippen LogP) is 5.02. The van der Waals surface area contributed by atoms with Gasteiger partial charge in [0.2, 0.25) is 0 Å². The Morgan fingerprint density at radius 3 is 2.83 bits per heavy atom. The average molecular weight is 284 g/mol. The Morgan fingerprint density at radius 2 is 2.06 bits per heavy atom. The lowest BCUT2D eigenvalue weighted by Crippen LogP contribution is -1.89. The van der Waals surface area contributed by atoms with Crippen LogP contribution in [0.15, 0.2) is 34.2 Å². The van der Waals surface area contributed by atoms with Crippen LogP contribution in [-0.4, -0.2) is 24.4 Å². The minimum Gasteiger partial charge on any atom is -0.293 e. The largest absolute Gasteiger partial charge is 0.293 e. The molecule has 0 saturated heterocycles. The standard InChI is InChI=1S/C15H22ClNS/c1-2-3-11-17-13-14-8-4-5-9-15(14)18-12-7-6-10-16/h4-5,8-9,13H,2-3,6-7,10-12H2,1H3. The molecule has 0 radical (unpaired) electrons. The summed E-state index contributed by atoms with van der Waals surface area (Å²) in [6.45, 7) is 3.12. The summed E-state index contributed by atoms with van der Waals surface area (Å²) < 4.78 is 0. The van der Waals surface area contributed by atoms with Crippen molar-refractivity contribution in [1.82, 2.24) is 0 Å². The van der Waals surface area contributed by atoms with Gasteiger partial charge in [-0.05, 0) is 31.1 Å². The molecule has 0 N–H and O–H groups in total. The van der Waals surface area contributed by atoms with E-state index in [9.17, 15) is 0 Å². The Balaban J connectivity index is 2.48. The maximum absolute atomic E-state index is 5.68. The molecule has 0 aromatic heterocycles. The first-order valence-corrected chi connectivity index (χ1v) is 8.18. The van der Waals surface area contributed by atoms with Crippen molar-refractivity contribution in [3.63, 3.8) is 0 Å². The summed E-state index contributed by atoms with van der Waals surface area (Å²) in [6.07, 6.45) is 6.66. The van der Waals surface area contributed by atoms with Gasteiger partial charge in [-0.2, -0.15) is 0 Å². The quantitative estimate of drug-likeness (QED) is 0.268. The summed E-state index contributed by atoms with van der Waals surface area (Å²) in [5, 5.41) is 0. The van der Waals surface area contributed by atoms with Gasteiger partial charge < -0.3 is 0 Å². The van der Waals surface area contributed by atoms with Gasteiger partial charge in [0.25, 0.3) is 0 Å². The first-order valence-electron chi connectivity index (χ1n) is 6.66. The monoisotopic (exact) mass is 283 g/mol. The van der Waals surface area contributed by atoms with Crippen molar-refractivity contribution >= 4 is 29.6 Å². The molecule has 0 unspecified atom stereocenters. The summed E-state index contributed by atoms with van der Waals surface area (Å²) in [7, 11) is 0. The second kappa shape index (κ2) is 10.5. The zero-order valence-corrected chi connectivity index (χ0v) is 12.6. The zero-order valence-electron chi connectivity index (χ0n) is 11.1. The molecule has 0 saturated carbocycles. The van der Waals surface area contributed by atoms with E-state index < -0.39 is 0 Å². The molecule has 0 aliphatic carbocycles. The molecule has 1 nitrogen and oxygen atoms in total. The van der Waals surface area contributed by atoms with Gasteiger partial charge in [-0.3, -0.25) is 4.99 Å². The summed E-state index contributed by atoms with van der Waals surface area (Å²) in [5.74, 6) is 1.90. The van der Waals surface area contributed by atoms with Gasteiger partial charge in [0.05, 0.1) is 0 Å². The van der Waals surface area contributed by atoms with Gasteiger partial charge in [-0.1, -0.05) is 31.5 Å². The van der Waals surface area contributed by atoms with Crippen LogP contribution in [0.5, 0.6) is 0 Å². The summed E-state index contributed by atoms with van der Waals surface area (Å²) >= 11 is 7.58. The van der Waals surface area contributed by atoms with E-state index in [1.807, 2.05) is 18.0 Å². The van der Waals surface area contributed by atoms with Crippen molar-refractivity contribution in [1.29, 1.82) is 0 Å². The van der Waals surface area contributed by atoms with Crippen LogP contribution in [0.25, 0.3) is 0 Å². The highest BCUT2D eigenvalue weighted by Gasteiger charge is 1.99. The zero-order chi connectivity index (χ0) is 13.1. The fourth-order valence-corrected chi connectivity index (χ4v) is 2.73. The van der Waals surface area contributed by atoms with Crippen LogP contribution in [0.4, 0.5) is 0 Å². The minimum atomic E-state index is 0.765. The lowest BCUT2D eigenvalue weighted by molar-refractivity contribution is 0.810. The molecule has 3 heteroatoms. The van der Waals surface area contributed by atoms with Gasteiger partial charge in [-0.15, -0.1) is 23.4 Å². The number of aliphatic imine (C=N–C) groups is 1. The van der Waals surface area contributed by atoms with E-state index in [2.05, 4.69) is 36.2 Å². The highest BCUT2D eigenvalue weighted by Crippen LogP contribution is 2.22. The van der Waals surface area contributed by atoms with Crippen molar-refractivity contribution in [2.24, 2.45) is 4.99 Å². The molecule has 0 spiro atoms. The van der Waals surface area contributed by atoms with E-state index in [0.29, 0.717) is 0 Å². The first kappa shape index (κ1) is 15.6. The molecule has 0 heterocycles. The summed E-state index contributed by atoms with van der Waals surface area (Å²) in [4.78, 5) is 5.80. The number of halogens is 1. The molecule has 100 valence electrons. The molecule has 1 rings (SSSR count). The summed E-state index contributed by atoms with van der Waals surface area (Å²) in [6, 6.07) is 8.48. The number of alkyl halides is 1. The van der Waals surface area contributed by atoms with Crippen LogP contribution in [0.2, 0.25) is 0 Å². The normalized spacial score (nSPS) is 11.2. The van der Waals surface area contributed by atoms with Crippen molar-refractivity contribution in [3.05, 3.63) is 29.8 Å². The van der Waals surface area contributed by atoms with Gasteiger partial charge in [0, 0.05) is 29.1 Å². The fraction of sp³-hybridized carbons (Fsp3) is 0.533. The van der Waals surface area contributed by atoms with Gasteiger partial charge in [-0.25, -0.2) is 0 Å². The van der Waals surface area contributed by atoms with Crippen molar-refractivity contribution < 1.29 is 0 Å². The molecule has 1 aromatic carbocycles. The fourth-order valence-electron chi connectivity index (χ4n) is 1.51. The Kier molecular flexibility index (Phi) is 9.05. The topological polar surface area (TPSA) is 12.4 Å². The molecule has 0 amide bonds. The molecule has 0 atom stereocenters. The number of rotatable bonds is 9. The molecular weight excluding hydrogens is 262 g/mol. The highest BCUT2D eigenvalue weighted by atomic mass is 35.5. The Bertz CT molecular complexity index is 352. The highest BCUT2D eigenvalue weighted by molar-refractivity contribution is 7.99. The third kappa shape index (κ3) is 6.46. The molecule has 0 fully saturated rings. The molecule has 18 heavy (non-hydrogen) atoms. The van der Waals surface area contributed by atoms with Gasteiger partial charge in [0.15, 0.2) is 0 Å². The number of hydrogen-bond donors (Lipinski definition) is 0. The van der Waals surface area contributed by atoms with Crippen molar-refractivity contribution in [2.45, 2.75) is 37.5 Å². The second-order valence-electron chi connectivity index (χ2n) is 4.17. The van der Waals surface area contributed by atoms with Crippen LogP contribution in [0.3, 0.4) is 0 Å². The maximum atomic E-state index is 5.68. The minimum absolute atomic E-state index is 0.765. The van der Waals surface area contributed by atoms with Crippen molar-refractivity contribution in [2.75, 3.05) is 18.2 Å². The number of benzene rings is 1. The number of thioether (sulfide) groups is 1. The molecule has 1 aromatic rings. The molecule has 0 aliphatic heterocycles. The van der Waals surface area contributed by atoms with Crippen molar-refractivity contribution in [3.8, 4) is 0 Å². The molecule has 0 aliphatic rings. The van der Waals surface area contributed by atoms with Crippen LogP contribution in [0, 0.1) is 0 Å². The van der Waals surface area contributed by atoms with Crippen LogP contribution < -0.4 is 0 Å². The lowest BCUT2D eigenvalue weighted by atomic mass is 10.2. The number of hydrogen-bond acceptors (Lipinski definition) is 2. The van der Waals surface area contributed by atoms with E-state index >= 15 is 0 Å². The summed E-state index contributed by atoms with van der Waals surface area (Å²) in [5.41, 5.74) is 1.24. The Morgan fingerprint density at radius 1 is 1.22 bits per heavy atom. The average Bonchev–Trinajstić information content (AvgIpc) is 2.41. The van der Waals surface area contributed by atoms with E-state index in [-0.39, 0.29) is 0 Å². The van der Waals surface area contributed by atoms with E-state index in [4.69, 9.17) is 11.6 Å². The van der Waals surface area contributed by atoms with Gasteiger partial charge >= 0.3 is 0 Å². The van der Waals surface area contributed by atoms with E-state index in [1.165, 1.54) is 29.7 Å². The smallest absolute Gasteiger partial charge is 0.0389 e. The molecular formula is C15H22ClNS. The van der Waals surface area contributed by atoms with Gasteiger partial charge in [0.1, 0.15) is 0 Å². The number of unbranched alkanes of at least 4 members (excludes halogenated alkanes) is 2.